The molecule has 1 aliphatic heterocycles. The SMILES string of the molecule is CCc1ccc(N2C(=O)/C(=C/c3cc(Br)c(OCc4ccc([N+](=O)[O-])cc4)c(Br)c3)N(CC(=O)OC)C2=S)cc1. The van der Waals surface area contributed by atoms with Gasteiger partial charge in [-0.1, -0.05) is 19.1 Å². The molecule has 0 bridgehead atoms. The van der Waals surface area contributed by atoms with Crippen LogP contribution in [0.4, 0.5) is 11.4 Å². The number of halogens is 2. The van der Waals surface area contributed by atoms with Gasteiger partial charge in [0.1, 0.15) is 24.6 Å². The van der Waals surface area contributed by atoms with Crippen molar-refractivity contribution in [3.05, 3.63) is 102 Å². The van der Waals surface area contributed by atoms with Crippen molar-refractivity contribution in [1.29, 1.82) is 0 Å². The van der Waals surface area contributed by atoms with Crippen LogP contribution >= 0.6 is 44.1 Å². The zero-order valence-corrected chi connectivity index (χ0v) is 25.4. The number of non-ortho nitro benzene ring substituents is 1. The van der Waals surface area contributed by atoms with Crippen molar-refractivity contribution in [2.24, 2.45) is 0 Å². The Hall–Kier alpha value is -3.61. The third-order valence-electron chi connectivity index (χ3n) is 6.11. The van der Waals surface area contributed by atoms with E-state index >= 15 is 0 Å². The first-order valence-corrected chi connectivity index (χ1v) is 14.0. The van der Waals surface area contributed by atoms with Gasteiger partial charge in [0.25, 0.3) is 11.6 Å². The number of nitro groups is 1. The van der Waals surface area contributed by atoms with Crippen LogP contribution in [0.25, 0.3) is 6.08 Å². The lowest BCUT2D eigenvalue weighted by Crippen LogP contribution is -2.35. The number of aryl methyl sites for hydroxylation is 1. The second-order valence-corrected chi connectivity index (χ2v) is 10.7. The van der Waals surface area contributed by atoms with Crippen molar-refractivity contribution in [3.63, 3.8) is 0 Å². The minimum Gasteiger partial charge on any atom is -0.487 e. The Morgan fingerprint density at radius 2 is 1.65 bits per heavy atom. The lowest BCUT2D eigenvalue weighted by Gasteiger charge is -2.19. The topological polar surface area (TPSA) is 102 Å². The summed E-state index contributed by atoms with van der Waals surface area (Å²) in [4.78, 5) is 39.1. The van der Waals surface area contributed by atoms with Crippen LogP contribution in [0.2, 0.25) is 0 Å². The predicted octanol–water partition coefficient (Wildman–Crippen LogP) is 6.41. The second-order valence-electron chi connectivity index (χ2n) is 8.66. The van der Waals surface area contributed by atoms with Crippen LogP contribution in [0.5, 0.6) is 5.75 Å². The lowest BCUT2D eigenvalue weighted by molar-refractivity contribution is -0.384. The monoisotopic (exact) mass is 687 g/mol. The normalized spacial score (nSPS) is 14.2. The van der Waals surface area contributed by atoms with Crippen molar-refractivity contribution >= 4 is 78.5 Å². The van der Waals surface area contributed by atoms with Crippen molar-refractivity contribution < 1.29 is 24.0 Å². The van der Waals surface area contributed by atoms with Crippen LogP contribution in [0.15, 0.2) is 75.3 Å². The first kappa shape index (κ1) is 29.4. The summed E-state index contributed by atoms with van der Waals surface area (Å²) in [5.41, 5.74) is 3.34. The van der Waals surface area contributed by atoms with E-state index in [1.54, 1.807) is 30.3 Å². The Balaban J connectivity index is 1.62. The number of nitro benzene ring substituents is 1. The van der Waals surface area contributed by atoms with Crippen molar-refractivity contribution in [2.45, 2.75) is 20.0 Å². The van der Waals surface area contributed by atoms with E-state index in [9.17, 15) is 19.7 Å². The molecule has 0 N–H and O–H groups in total. The fourth-order valence-corrected chi connectivity index (χ4v) is 5.77. The third-order valence-corrected chi connectivity index (χ3v) is 7.69. The molecule has 1 saturated heterocycles. The molecule has 0 saturated carbocycles. The number of esters is 1. The van der Waals surface area contributed by atoms with Crippen molar-refractivity contribution in [2.75, 3.05) is 18.6 Å². The molecule has 1 aliphatic rings. The van der Waals surface area contributed by atoms with E-state index in [4.69, 9.17) is 21.7 Å². The van der Waals surface area contributed by atoms with Crippen molar-refractivity contribution in [3.8, 4) is 5.75 Å². The molecule has 0 spiro atoms. The number of carbonyl (C=O) groups excluding carboxylic acids is 2. The number of benzene rings is 3. The minimum absolute atomic E-state index is 0.00206. The van der Waals surface area contributed by atoms with Gasteiger partial charge in [-0.05, 0) is 110 Å². The van der Waals surface area contributed by atoms with Crippen LogP contribution in [0.3, 0.4) is 0 Å². The van der Waals surface area contributed by atoms with Crippen LogP contribution in [0.1, 0.15) is 23.6 Å². The molecular weight excluding hydrogens is 666 g/mol. The van der Waals surface area contributed by atoms with E-state index in [1.165, 1.54) is 29.0 Å². The number of ether oxygens (including phenoxy) is 2. The molecule has 1 heterocycles. The average Bonchev–Trinajstić information content (AvgIpc) is 3.16. The quantitative estimate of drug-likeness (QED) is 0.0836. The second kappa shape index (κ2) is 12.7. The highest BCUT2D eigenvalue weighted by Gasteiger charge is 2.40. The number of hydrogen-bond acceptors (Lipinski definition) is 7. The van der Waals surface area contributed by atoms with Gasteiger partial charge in [-0.25, -0.2) is 0 Å². The van der Waals surface area contributed by atoms with Gasteiger partial charge in [-0.3, -0.25) is 24.6 Å². The molecule has 1 amide bonds. The van der Waals surface area contributed by atoms with Crippen LogP contribution in [0, 0.1) is 10.1 Å². The Bertz CT molecular complexity index is 1490. The summed E-state index contributed by atoms with van der Waals surface area (Å²) >= 11 is 12.7. The van der Waals surface area contributed by atoms with Gasteiger partial charge in [0.05, 0.1) is 26.7 Å². The lowest BCUT2D eigenvalue weighted by atomic mass is 10.1. The average molecular weight is 689 g/mol. The van der Waals surface area contributed by atoms with Crippen LogP contribution < -0.4 is 9.64 Å². The number of rotatable bonds is 9. The van der Waals surface area contributed by atoms with E-state index < -0.39 is 10.9 Å². The maximum Gasteiger partial charge on any atom is 0.325 e. The first-order valence-electron chi connectivity index (χ1n) is 12.0. The Morgan fingerprint density at radius 1 is 1.05 bits per heavy atom. The third kappa shape index (κ3) is 6.40. The fourth-order valence-electron chi connectivity index (χ4n) is 3.96. The molecule has 0 radical (unpaired) electrons. The van der Waals surface area contributed by atoms with E-state index in [2.05, 4.69) is 31.9 Å². The zero-order valence-electron chi connectivity index (χ0n) is 21.4. The predicted molar refractivity (Wildman–Crippen MR) is 162 cm³/mol. The largest absolute Gasteiger partial charge is 0.487 e. The number of carbonyl (C=O) groups is 2. The van der Waals surface area contributed by atoms with Gasteiger partial charge in [-0.2, -0.15) is 0 Å². The van der Waals surface area contributed by atoms with Gasteiger partial charge < -0.3 is 14.4 Å². The number of thiocarbonyl (C=S) groups is 1. The van der Waals surface area contributed by atoms with Crippen molar-refractivity contribution in [1.82, 2.24) is 4.90 Å². The molecule has 9 nitrogen and oxygen atoms in total. The molecule has 40 heavy (non-hydrogen) atoms. The summed E-state index contributed by atoms with van der Waals surface area (Å²) in [5.74, 6) is -0.400. The molecule has 12 heteroatoms. The highest BCUT2D eigenvalue weighted by atomic mass is 79.9. The standard InChI is InChI=1S/C28H23Br2N3O6S/c1-3-17-4-8-20(9-5-17)32-27(35)24(31(28(32)40)15-25(34)38-2)14-19-12-22(29)26(23(30)13-19)39-16-18-6-10-21(11-7-18)33(36)37/h4-14H,3,15-16H2,1-2H3/b24-14-. The van der Waals surface area contributed by atoms with Crippen LogP contribution in [-0.2, 0) is 27.4 Å². The fraction of sp³-hybridized carbons (Fsp3) is 0.179. The van der Waals surface area contributed by atoms with E-state index in [0.717, 1.165) is 17.5 Å². The molecule has 206 valence electrons. The number of nitrogens with zero attached hydrogens (tertiary/aromatic N) is 3. The zero-order chi connectivity index (χ0) is 29.0. The Morgan fingerprint density at radius 3 is 2.20 bits per heavy atom. The Labute approximate surface area is 252 Å². The molecule has 3 aromatic carbocycles. The molecule has 0 aromatic heterocycles. The highest BCUT2D eigenvalue weighted by Crippen LogP contribution is 2.37. The Kier molecular flexibility index (Phi) is 9.33. The molecule has 1 fully saturated rings. The minimum atomic E-state index is -0.540. The summed E-state index contributed by atoms with van der Waals surface area (Å²) in [6, 6.07) is 17.2. The summed E-state index contributed by atoms with van der Waals surface area (Å²) < 4.78 is 12.0. The summed E-state index contributed by atoms with van der Waals surface area (Å²) in [6.07, 6.45) is 2.50. The van der Waals surface area contributed by atoms with Gasteiger partial charge in [0.2, 0.25) is 0 Å². The summed E-state index contributed by atoms with van der Waals surface area (Å²) in [7, 11) is 1.28. The maximum absolute atomic E-state index is 13.6. The molecule has 4 rings (SSSR count). The number of anilines is 1. The first-order chi connectivity index (χ1) is 19.1. The smallest absolute Gasteiger partial charge is 0.325 e. The van der Waals surface area contributed by atoms with Gasteiger partial charge in [0, 0.05) is 12.1 Å². The molecule has 0 aliphatic carbocycles. The van der Waals surface area contributed by atoms with Gasteiger partial charge in [-0.15, -0.1) is 0 Å². The van der Waals surface area contributed by atoms with Crippen LogP contribution in [-0.4, -0.2) is 40.5 Å². The van der Waals surface area contributed by atoms with E-state index in [-0.39, 0.29) is 35.6 Å². The number of hydrogen-bond donors (Lipinski definition) is 0. The summed E-state index contributed by atoms with van der Waals surface area (Å²) in [5, 5.41) is 11.1. The van der Waals surface area contributed by atoms with Gasteiger partial charge >= 0.3 is 5.97 Å². The van der Waals surface area contributed by atoms with Gasteiger partial charge in [0.15, 0.2) is 5.11 Å². The molecule has 3 aromatic rings. The molecule has 0 unspecified atom stereocenters. The number of methoxy groups -OCH3 is 1. The highest BCUT2D eigenvalue weighted by molar-refractivity contribution is 9.11. The maximum atomic E-state index is 13.6. The molecule has 0 atom stereocenters. The summed E-state index contributed by atoms with van der Waals surface area (Å²) in [6.45, 7) is 2.00. The molecular formula is C28H23Br2N3O6S. The van der Waals surface area contributed by atoms with E-state index in [1.807, 2.05) is 31.2 Å². The number of amides is 1. The van der Waals surface area contributed by atoms with E-state index in [0.29, 0.717) is 25.9 Å².